The van der Waals surface area contributed by atoms with E-state index in [-0.39, 0.29) is 124 Å². The first-order valence-electron chi connectivity index (χ1n) is 1.33. The van der Waals surface area contributed by atoms with Crippen molar-refractivity contribution in [2.24, 2.45) is 0 Å². The molecule has 0 saturated heterocycles. The van der Waals surface area contributed by atoms with Crippen molar-refractivity contribution in [2.75, 3.05) is 0 Å². The van der Waals surface area contributed by atoms with Gasteiger partial charge in [-0.25, -0.2) is 0 Å². The molecule has 0 spiro atoms. The Morgan fingerprint density at radius 1 is 0.692 bits per heavy atom. The summed E-state index contributed by atoms with van der Waals surface area (Å²) in [6.45, 7) is 0. The van der Waals surface area contributed by atoms with Crippen LogP contribution >= 0.6 is 0 Å². The monoisotopic (exact) mass is 412 g/mol. The molecule has 0 aromatic rings. The molecule has 0 aromatic heterocycles. The van der Waals surface area contributed by atoms with E-state index >= 15 is 0 Å². The van der Waals surface area contributed by atoms with Crippen molar-refractivity contribution in [3.05, 3.63) is 0 Å². The van der Waals surface area contributed by atoms with Crippen LogP contribution < -0.4 is 0 Å². The van der Waals surface area contributed by atoms with Crippen LogP contribution in [0.3, 0.4) is 0 Å². The summed E-state index contributed by atoms with van der Waals surface area (Å²) in [5, 5.41) is 0. The van der Waals surface area contributed by atoms with Crippen molar-refractivity contribution >= 4 is 145 Å². The van der Waals surface area contributed by atoms with Crippen LogP contribution in [-0.2, 0) is 20.8 Å². The molecule has 0 amide bonds. The molecular weight excluding hydrogens is 410 g/mol. The Hall–Kier alpha value is 3.83. The Balaban J connectivity index is -0.0000000267. The molecule has 0 fully saturated rings. The van der Waals surface area contributed by atoms with Gasteiger partial charge in [-0.3, -0.25) is 16.8 Å². The van der Waals surface area contributed by atoms with Gasteiger partial charge in [-0.1, -0.05) is 0 Å². The van der Waals surface area contributed by atoms with Gasteiger partial charge in [0.15, 0.2) is 0 Å². The fourth-order valence-electron chi connectivity index (χ4n) is 0. The maximum atomic E-state index is 8.52. The zero-order chi connectivity index (χ0) is 9.00. The molecule has 0 saturated carbocycles. The predicted molar refractivity (Wildman–Crippen MR) is 41.0 cm³/mol. The molecule has 8 nitrogen and oxygen atoms in total. The van der Waals surface area contributed by atoms with Crippen LogP contribution in [0.15, 0.2) is 0 Å². The SMILES string of the molecule is O=S(=O)([O-])[O-].O=S(=O)([O-])[O-].[Ba+2].[Ca+2].[CaH2]. The van der Waals surface area contributed by atoms with Crippen LogP contribution in [0.2, 0.25) is 0 Å². The molecule has 0 aliphatic heterocycles. The number of hydrogen-bond donors (Lipinski definition) is 0. The number of rotatable bonds is 0. The summed E-state index contributed by atoms with van der Waals surface area (Å²) in [7, 11) is -10.3. The standard InChI is InChI=1S/Ba.2Ca.2H2O4S.2H/c;;;2*1-5(2,3)4;;/h;;;2*(H2,1,2,3,4);;/q+2;;+2;;;;/p-4. The molecule has 0 N–H and O–H groups in total. The fraction of sp³-hybridized carbons (Fsp3) is 0. The van der Waals surface area contributed by atoms with Crippen molar-refractivity contribution < 1.29 is 35.0 Å². The van der Waals surface area contributed by atoms with E-state index in [2.05, 4.69) is 0 Å². The van der Waals surface area contributed by atoms with Crippen molar-refractivity contribution in [2.45, 2.75) is 0 Å². The summed E-state index contributed by atoms with van der Waals surface area (Å²) >= 11 is 0. The molecule has 0 aromatic carbocycles. The molecule has 0 aliphatic carbocycles. The van der Waals surface area contributed by atoms with E-state index in [0.29, 0.717) is 0 Å². The average Bonchev–Trinajstić information content (AvgIpc) is 1.12. The van der Waals surface area contributed by atoms with E-state index in [1.165, 1.54) is 0 Å². The topological polar surface area (TPSA) is 161 Å². The molecule has 0 radical (unpaired) electrons. The van der Waals surface area contributed by atoms with Crippen LogP contribution in [0.1, 0.15) is 0 Å². The van der Waals surface area contributed by atoms with Crippen molar-refractivity contribution in [1.29, 1.82) is 0 Å². The molecular formula is H2BaCa2O8S2. The zero-order valence-corrected chi connectivity index (χ0v) is 13.8. The number of hydrogen-bond acceptors (Lipinski definition) is 8. The minimum atomic E-state index is -5.17. The molecule has 0 heterocycles. The van der Waals surface area contributed by atoms with Gasteiger partial charge in [0.2, 0.25) is 0 Å². The van der Waals surface area contributed by atoms with Crippen LogP contribution in [-0.4, -0.2) is 159 Å². The van der Waals surface area contributed by atoms with Gasteiger partial charge in [0.05, 0.1) is 0 Å². The Labute approximate surface area is 175 Å². The second-order valence-electron chi connectivity index (χ2n) is 0.816. The third-order valence-corrected chi connectivity index (χ3v) is 0. The second-order valence-corrected chi connectivity index (χ2v) is 2.45. The van der Waals surface area contributed by atoms with Crippen LogP contribution in [0.4, 0.5) is 0 Å². The maximum absolute atomic E-state index is 8.52. The van der Waals surface area contributed by atoms with Gasteiger partial charge in [-0.05, 0) is 0 Å². The van der Waals surface area contributed by atoms with Gasteiger partial charge in [-0.15, -0.1) is 0 Å². The normalized spacial score (nSPS) is 8.92. The quantitative estimate of drug-likeness (QED) is 0.219. The summed E-state index contributed by atoms with van der Waals surface area (Å²) in [6.07, 6.45) is 0. The van der Waals surface area contributed by atoms with Crippen LogP contribution in [0.25, 0.3) is 0 Å². The Morgan fingerprint density at radius 3 is 0.692 bits per heavy atom. The van der Waals surface area contributed by atoms with E-state index in [4.69, 9.17) is 35.0 Å². The van der Waals surface area contributed by atoms with Crippen molar-refractivity contribution in [3.63, 3.8) is 0 Å². The Morgan fingerprint density at radius 2 is 0.692 bits per heavy atom. The van der Waals surface area contributed by atoms with Crippen LogP contribution in [0, 0.1) is 0 Å². The second kappa shape index (κ2) is 13.9. The van der Waals surface area contributed by atoms with E-state index in [9.17, 15) is 0 Å². The minimum absolute atomic E-state index is 0. The van der Waals surface area contributed by atoms with E-state index < -0.39 is 20.8 Å². The van der Waals surface area contributed by atoms with Crippen molar-refractivity contribution in [1.82, 2.24) is 0 Å². The van der Waals surface area contributed by atoms with Gasteiger partial charge in [0, 0.05) is 20.8 Å². The summed E-state index contributed by atoms with van der Waals surface area (Å²) in [5.41, 5.74) is 0. The first-order valence-corrected chi connectivity index (χ1v) is 4.00. The molecule has 0 rings (SSSR count). The third kappa shape index (κ3) is 206. The third-order valence-electron chi connectivity index (χ3n) is 0. The van der Waals surface area contributed by atoms with Crippen LogP contribution in [0.5, 0.6) is 0 Å². The summed E-state index contributed by atoms with van der Waals surface area (Å²) < 4.78 is 68.2. The molecule has 68 valence electrons. The first-order chi connectivity index (χ1) is 4.00. The van der Waals surface area contributed by atoms with Gasteiger partial charge >= 0.3 is 124 Å². The summed E-state index contributed by atoms with van der Waals surface area (Å²) in [5.74, 6) is 0. The zero-order valence-electron chi connectivity index (χ0n) is 5.50. The van der Waals surface area contributed by atoms with E-state index in [1.54, 1.807) is 0 Å². The molecule has 0 atom stereocenters. The van der Waals surface area contributed by atoms with Gasteiger partial charge in [0.25, 0.3) is 0 Å². The molecule has 0 aliphatic rings. The molecule has 13 heavy (non-hydrogen) atoms. The predicted octanol–water partition coefficient (Wildman–Crippen LogP) is -4.35. The molecule has 13 heteroatoms. The summed E-state index contributed by atoms with van der Waals surface area (Å²) in [4.78, 5) is 0. The molecule has 0 unspecified atom stereocenters. The van der Waals surface area contributed by atoms with E-state index in [0.717, 1.165) is 0 Å². The molecule has 0 bridgehead atoms. The van der Waals surface area contributed by atoms with E-state index in [1.807, 2.05) is 0 Å². The first kappa shape index (κ1) is 30.1. The summed E-state index contributed by atoms with van der Waals surface area (Å²) in [6, 6.07) is 0. The van der Waals surface area contributed by atoms with Gasteiger partial charge in [-0.2, -0.15) is 0 Å². The van der Waals surface area contributed by atoms with Gasteiger partial charge < -0.3 is 18.2 Å². The fourth-order valence-corrected chi connectivity index (χ4v) is 0. The Kier molecular flexibility index (Phi) is 32.2. The Bertz CT molecular complexity index is 217. The van der Waals surface area contributed by atoms with Gasteiger partial charge in [0.1, 0.15) is 0 Å². The van der Waals surface area contributed by atoms with Crippen molar-refractivity contribution in [3.8, 4) is 0 Å². The average molecular weight is 412 g/mol.